The standard InChI is InChI=1S/C14H28FN3/c1-4-7-14(2)8-5-11-18(12-14)13(16-3)17-10-6-9-15/h4-12H2,1-3H3,(H,16,17). The Morgan fingerprint density at radius 2 is 2.28 bits per heavy atom. The van der Waals surface area contributed by atoms with Crippen molar-refractivity contribution in [1.82, 2.24) is 10.2 Å². The lowest BCUT2D eigenvalue weighted by Gasteiger charge is -2.42. The van der Waals surface area contributed by atoms with Crippen LogP contribution < -0.4 is 5.32 Å². The van der Waals surface area contributed by atoms with Crippen LogP contribution in [0.3, 0.4) is 0 Å². The predicted octanol–water partition coefficient (Wildman–Crippen LogP) is 2.82. The Hall–Kier alpha value is -0.800. The van der Waals surface area contributed by atoms with E-state index in [0.717, 1.165) is 19.0 Å². The van der Waals surface area contributed by atoms with Crippen LogP contribution in [0.25, 0.3) is 0 Å². The minimum absolute atomic E-state index is 0.266. The molecule has 0 radical (unpaired) electrons. The molecule has 0 spiro atoms. The van der Waals surface area contributed by atoms with Gasteiger partial charge in [0.1, 0.15) is 0 Å². The summed E-state index contributed by atoms with van der Waals surface area (Å²) in [4.78, 5) is 6.65. The van der Waals surface area contributed by atoms with Gasteiger partial charge in [0, 0.05) is 26.7 Å². The second-order valence-electron chi connectivity index (χ2n) is 5.60. The number of nitrogens with one attached hydrogen (secondary N) is 1. The van der Waals surface area contributed by atoms with Crippen molar-refractivity contribution in [3.8, 4) is 0 Å². The molecule has 0 aromatic carbocycles. The van der Waals surface area contributed by atoms with E-state index >= 15 is 0 Å². The number of piperidine rings is 1. The normalized spacial score (nSPS) is 25.3. The third-order valence-electron chi connectivity index (χ3n) is 3.74. The van der Waals surface area contributed by atoms with Gasteiger partial charge in [-0.05, 0) is 31.1 Å². The molecular weight excluding hydrogens is 229 g/mol. The third kappa shape index (κ3) is 4.46. The molecule has 1 N–H and O–H groups in total. The number of hydrogen-bond donors (Lipinski definition) is 1. The maximum Gasteiger partial charge on any atom is 0.193 e. The minimum atomic E-state index is -0.266. The number of halogens is 1. The molecule has 1 rings (SSSR count). The van der Waals surface area contributed by atoms with Crippen molar-refractivity contribution in [3.05, 3.63) is 0 Å². The Morgan fingerprint density at radius 3 is 2.89 bits per heavy atom. The number of rotatable bonds is 5. The van der Waals surface area contributed by atoms with Crippen LogP contribution in [-0.4, -0.2) is 44.2 Å². The SMILES string of the molecule is CCCC1(C)CCCN(C(=NC)NCCCF)C1. The highest BCUT2D eigenvalue weighted by atomic mass is 19.1. The number of hydrogen-bond acceptors (Lipinski definition) is 1. The zero-order valence-electron chi connectivity index (χ0n) is 12.1. The van der Waals surface area contributed by atoms with Gasteiger partial charge in [-0.3, -0.25) is 9.38 Å². The average Bonchev–Trinajstić information content (AvgIpc) is 2.34. The van der Waals surface area contributed by atoms with Gasteiger partial charge in [-0.1, -0.05) is 20.3 Å². The molecule has 0 aromatic rings. The van der Waals surface area contributed by atoms with Crippen LogP contribution in [0, 0.1) is 5.41 Å². The van der Waals surface area contributed by atoms with Gasteiger partial charge in [0.05, 0.1) is 6.67 Å². The maximum absolute atomic E-state index is 12.1. The van der Waals surface area contributed by atoms with E-state index in [1.807, 2.05) is 7.05 Å². The fraction of sp³-hybridized carbons (Fsp3) is 0.929. The highest BCUT2D eigenvalue weighted by Crippen LogP contribution is 2.33. The van der Waals surface area contributed by atoms with Gasteiger partial charge in [-0.25, -0.2) is 0 Å². The molecule has 0 aliphatic carbocycles. The quantitative estimate of drug-likeness (QED) is 0.466. The topological polar surface area (TPSA) is 27.6 Å². The molecule has 1 aliphatic rings. The lowest BCUT2D eigenvalue weighted by atomic mass is 9.78. The summed E-state index contributed by atoms with van der Waals surface area (Å²) in [5.41, 5.74) is 0.407. The van der Waals surface area contributed by atoms with Crippen LogP contribution in [0.2, 0.25) is 0 Å². The molecule has 1 saturated heterocycles. The second kappa shape index (κ2) is 7.59. The number of likely N-dealkylation sites (tertiary alicyclic amines) is 1. The van der Waals surface area contributed by atoms with E-state index in [1.165, 1.54) is 25.7 Å². The van der Waals surface area contributed by atoms with Gasteiger partial charge in [0.15, 0.2) is 5.96 Å². The second-order valence-corrected chi connectivity index (χ2v) is 5.60. The molecule has 4 heteroatoms. The van der Waals surface area contributed by atoms with Gasteiger partial charge in [0.2, 0.25) is 0 Å². The van der Waals surface area contributed by atoms with Crippen molar-refractivity contribution in [3.63, 3.8) is 0 Å². The number of guanidine groups is 1. The summed E-state index contributed by atoms with van der Waals surface area (Å²) in [5.74, 6) is 0.936. The van der Waals surface area contributed by atoms with E-state index in [2.05, 4.69) is 29.1 Å². The summed E-state index contributed by atoms with van der Waals surface area (Å²) < 4.78 is 12.1. The van der Waals surface area contributed by atoms with E-state index in [9.17, 15) is 4.39 Å². The first-order chi connectivity index (χ1) is 8.65. The van der Waals surface area contributed by atoms with Crippen LogP contribution in [0.5, 0.6) is 0 Å². The van der Waals surface area contributed by atoms with E-state index < -0.39 is 0 Å². The Kier molecular flexibility index (Phi) is 6.44. The van der Waals surface area contributed by atoms with Crippen molar-refractivity contribution in [2.24, 2.45) is 10.4 Å². The largest absolute Gasteiger partial charge is 0.356 e. The summed E-state index contributed by atoms with van der Waals surface area (Å²) in [6.45, 7) is 7.16. The van der Waals surface area contributed by atoms with Gasteiger partial charge < -0.3 is 10.2 Å². The molecule has 0 amide bonds. The summed E-state index contributed by atoms with van der Waals surface area (Å²) in [6, 6.07) is 0. The van der Waals surface area contributed by atoms with Gasteiger partial charge in [-0.15, -0.1) is 0 Å². The first kappa shape index (κ1) is 15.3. The molecular formula is C14H28FN3. The Labute approximate surface area is 111 Å². The summed E-state index contributed by atoms with van der Waals surface area (Å²) in [5, 5.41) is 3.26. The van der Waals surface area contributed by atoms with Crippen LogP contribution in [0.4, 0.5) is 4.39 Å². The van der Waals surface area contributed by atoms with Gasteiger partial charge in [0.25, 0.3) is 0 Å². The summed E-state index contributed by atoms with van der Waals surface area (Å²) >= 11 is 0. The van der Waals surface area contributed by atoms with E-state index in [0.29, 0.717) is 18.4 Å². The smallest absolute Gasteiger partial charge is 0.193 e. The number of alkyl halides is 1. The van der Waals surface area contributed by atoms with E-state index in [1.54, 1.807) is 0 Å². The van der Waals surface area contributed by atoms with Crippen LogP contribution in [0.1, 0.15) is 46.0 Å². The van der Waals surface area contributed by atoms with Gasteiger partial charge >= 0.3 is 0 Å². The van der Waals surface area contributed by atoms with Crippen molar-refractivity contribution >= 4 is 5.96 Å². The number of nitrogens with zero attached hydrogens (tertiary/aromatic N) is 2. The molecule has 0 saturated carbocycles. The molecule has 1 unspecified atom stereocenters. The van der Waals surface area contributed by atoms with Crippen LogP contribution in [0.15, 0.2) is 4.99 Å². The molecule has 1 aliphatic heterocycles. The fourth-order valence-corrected chi connectivity index (χ4v) is 2.90. The molecule has 3 nitrogen and oxygen atoms in total. The predicted molar refractivity (Wildman–Crippen MR) is 75.8 cm³/mol. The maximum atomic E-state index is 12.1. The number of aliphatic imine (C=N–C) groups is 1. The van der Waals surface area contributed by atoms with Crippen LogP contribution in [-0.2, 0) is 0 Å². The monoisotopic (exact) mass is 257 g/mol. The first-order valence-corrected chi connectivity index (χ1v) is 7.17. The molecule has 1 fully saturated rings. The Bertz CT molecular complexity index is 264. The molecule has 18 heavy (non-hydrogen) atoms. The van der Waals surface area contributed by atoms with Gasteiger partial charge in [-0.2, -0.15) is 0 Å². The molecule has 0 aromatic heterocycles. The van der Waals surface area contributed by atoms with Crippen molar-refractivity contribution in [1.29, 1.82) is 0 Å². The molecule has 1 atom stereocenters. The highest BCUT2D eigenvalue weighted by Gasteiger charge is 2.31. The summed E-state index contributed by atoms with van der Waals surface area (Å²) in [6.07, 6.45) is 5.58. The minimum Gasteiger partial charge on any atom is -0.356 e. The molecule has 0 bridgehead atoms. The highest BCUT2D eigenvalue weighted by molar-refractivity contribution is 5.80. The first-order valence-electron chi connectivity index (χ1n) is 7.17. The lowest BCUT2D eigenvalue weighted by Crippen LogP contribution is -2.50. The van der Waals surface area contributed by atoms with Crippen molar-refractivity contribution < 1.29 is 4.39 Å². The average molecular weight is 257 g/mol. The van der Waals surface area contributed by atoms with E-state index in [4.69, 9.17) is 0 Å². The zero-order chi connectivity index (χ0) is 13.4. The third-order valence-corrected chi connectivity index (χ3v) is 3.74. The van der Waals surface area contributed by atoms with Crippen molar-refractivity contribution in [2.75, 3.05) is 33.4 Å². The summed E-state index contributed by atoms with van der Waals surface area (Å²) in [7, 11) is 1.81. The molecule has 1 heterocycles. The van der Waals surface area contributed by atoms with Crippen molar-refractivity contribution in [2.45, 2.75) is 46.0 Å². The lowest BCUT2D eigenvalue weighted by molar-refractivity contribution is 0.142. The Balaban J connectivity index is 2.53. The zero-order valence-corrected chi connectivity index (χ0v) is 12.1. The van der Waals surface area contributed by atoms with Crippen LogP contribution >= 0.6 is 0 Å². The Morgan fingerprint density at radius 1 is 1.50 bits per heavy atom. The fourth-order valence-electron chi connectivity index (χ4n) is 2.90. The molecule has 106 valence electrons. The van der Waals surface area contributed by atoms with E-state index in [-0.39, 0.29) is 6.67 Å².